The summed E-state index contributed by atoms with van der Waals surface area (Å²) in [5.41, 5.74) is -7.35. The van der Waals surface area contributed by atoms with Crippen molar-refractivity contribution in [1.29, 1.82) is 0 Å². The molecule has 2 aliphatic rings. The van der Waals surface area contributed by atoms with Crippen LogP contribution in [-0.2, 0) is 30.2 Å². The molecular formula is C43H42F8N6O4. The number of aryl methyl sites for hydroxylation is 1. The third kappa shape index (κ3) is 8.93. The Hall–Kier alpha value is -5.94. The Labute approximate surface area is 346 Å². The molecule has 0 radical (unpaired) electrons. The number of methoxy groups -OCH3 is 2. The molecule has 2 aromatic heterocycles. The second-order valence-corrected chi connectivity index (χ2v) is 16.1. The van der Waals surface area contributed by atoms with Gasteiger partial charge in [-0.1, -0.05) is 24.3 Å². The molecule has 2 bridgehead atoms. The van der Waals surface area contributed by atoms with E-state index < -0.39 is 92.7 Å². The maximum Gasteiger partial charge on any atom is 0.418 e. The number of carbonyl (C=O) groups is 1. The Morgan fingerprint density at radius 1 is 0.787 bits per heavy atom. The molecule has 61 heavy (non-hydrogen) atoms. The minimum absolute atomic E-state index is 0.00454. The summed E-state index contributed by atoms with van der Waals surface area (Å²) in [6.07, 6.45) is -11.9. The lowest BCUT2D eigenvalue weighted by Gasteiger charge is -2.42. The topological polar surface area (TPSA) is 93.2 Å². The van der Waals surface area contributed by atoms with E-state index in [1.54, 1.807) is 69.3 Å². The number of aromatic nitrogens is 3. The average molecular weight is 859 g/mol. The Morgan fingerprint density at radius 3 is 1.80 bits per heavy atom. The van der Waals surface area contributed by atoms with Gasteiger partial charge in [0.2, 0.25) is 0 Å². The van der Waals surface area contributed by atoms with Crippen molar-refractivity contribution in [3.8, 4) is 22.8 Å². The minimum Gasteiger partial charge on any atom is -0.497 e. The van der Waals surface area contributed by atoms with Crippen LogP contribution in [0, 0.1) is 18.8 Å². The molecule has 18 heteroatoms. The van der Waals surface area contributed by atoms with E-state index in [4.69, 9.17) is 14.2 Å². The number of rotatable bonds is 9. The second kappa shape index (κ2) is 16.2. The van der Waals surface area contributed by atoms with Crippen molar-refractivity contribution >= 4 is 28.6 Å². The molecule has 1 amide bonds. The summed E-state index contributed by atoms with van der Waals surface area (Å²) in [7, 11) is 2.95. The number of ether oxygens (including phenoxy) is 3. The SMILES string of the molecule is COc1ccc(CN(Cc2ccc(OC)cc2)c2cc(C)c(C(F)(F)F)c(-c3c(C(F)(F)F)cc4c(N5CC6CCC(C5)N6C(=O)OC(C)(C)C)nc(F)nc4c3F)n2)cc1. The van der Waals surface area contributed by atoms with Crippen molar-refractivity contribution in [2.45, 2.75) is 83.7 Å². The first-order valence-electron chi connectivity index (χ1n) is 19.3. The predicted molar refractivity (Wildman–Crippen MR) is 210 cm³/mol. The van der Waals surface area contributed by atoms with E-state index in [2.05, 4.69) is 15.0 Å². The number of fused-ring (bicyclic) bond motifs is 3. The Bertz CT molecular complexity index is 2380. The Balaban J connectivity index is 1.39. The monoisotopic (exact) mass is 858 g/mol. The number of hydrogen-bond acceptors (Lipinski definition) is 9. The lowest BCUT2D eigenvalue weighted by atomic mass is 9.94. The third-order valence-corrected chi connectivity index (χ3v) is 10.7. The van der Waals surface area contributed by atoms with Gasteiger partial charge >= 0.3 is 24.5 Å². The molecule has 324 valence electrons. The number of hydrogen-bond donors (Lipinski definition) is 0. The van der Waals surface area contributed by atoms with Crippen molar-refractivity contribution in [2.24, 2.45) is 0 Å². The molecule has 0 saturated carbocycles. The third-order valence-electron chi connectivity index (χ3n) is 10.7. The van der Waals surface area contributed by atoms with Crippen molar-refractivity contribution in [3.05, 3.63) is 100 Å². The van der Waals surface area contributed by atoms with E-state index in [-0.39, 0.29) is 32.0 Å². The van der Waals surface area contributed by atoms with Gasteiger partial charge in [-0.05, 0) is 93.6 Å². The summed E-state index contributed by atoms with van der Waals surface area (Å²) in [4.78, 5) is 29.1. The van der Waals surface area contributed by atoms with Crippen LogP contribution in [0.4, 0.5) is 51.6 Å². The zero-order chi connectivity index (χ0) is 44.2. The van der Waals surface area contributed by atoms with Crippen molar-refractivity contribution in [1.82, 2.24) is 19.9 Å². The van der Waals surface area contributed by atoms with Crippen LogP contribution in [0.3, 0.4) is 0 Å². The molecule has 3 aromatic carbocycles. The van der Waals surface area contributed by atoms with Crippen LogP contribution < -0.4 is 19.3 Å². The van der Waals surface area contributed by atoms with E-state index in [0.717, 1.165) is 13.0 Å². The lowest BCUT2D eigenvalue weighted by Crippen LogP contribution is -2.57. The number of halogens is 8. The first-order valence-corrected chi connectivity index (χ1v) is 19.3. The molecule has 7 rings (SSSR count). The van der Waals surface area contributed by atoms with E-state index in [0.29, 0.717) is 41.5 Å². The van der Waals surface area contributed by atoms with Crippen molar-refractivity contribution < 1.29 is 54.1 Å². The molecule has 2 unspecified atom stereocenters. The zero-order valence-electron chi connectivity index (χ0n) is 34.0. The summed E-state index contributed by atoms with van der Waals surface area (Å²) >= 11 is 0. The number of benzene rings is 3. The summed E-state index contributed by atoms with van der Waals surface area (Å²) in [5.74, 6) is -1.41. The normalized spacial score (nSPS) is 16.9. The van der Waals surface area contributed by atoms with Gasteiger partial charge in [-0.15, -0.1) is 0 Å². The number of pyridine rings is 1. The quantitative estimate of drug-likeness (QED) is 0.106. The molecule has 4 heterocycles. The second-order valence-electron chi connectivity index (χ2n) is 16.1. The van der Waals surface area contributed by atoms with Crippen molar-refractivity contribution in [3.63, 3.8) is 0 Å². The Kier molecular flexibility index (Phi) is 11.4. The predicted octanol–water partition coefficient (Wildman–Crippen LogP) is 10.1. The number of piperazine rings is 1. The van der Waals surface area contributed by atoms with E-state index in [1.807, 2.05) is 0 Å². The van der Waals surface area contributed by atoms with E-state index in [9.17, 15) is 4.79 Å². The summed E-state index contributed by atoms with van der Waals surface area (Å²) in [6, 6.07) is 14.0. The van der Waals surface area contributed by atoms with Gasteiger partial charge in [0, 0.05) is 31.6 Å². The first-order chi connectivity index (χ1) is 28.6. The van der Waals surface area contributed by atoms with Gasteiger partial charge < -0.3 is 24.0 Å². The molecule has 2 saturated heterocycles. The fourth-order valence-corrected chi connectivity index (χ4v) is 8.05. The molecule has 5 aromatic rings. The van der Waals surface area contributed by atoms with Crippen LogP contribution in [0.1, 0.15) is 61.4 Å². The number of carbonyl (C=O) groups excluding carboxylic acids is 1. The fraction of sp³-hybridized carbons (Fsp3) is 0.395. The smallest absolute Gasteiger partial charge is 0.418 e. The molecule has 10 nitrogen and oxygen atoms in total. The van der Waals surface area contributed by atoms with Gasteiger partial charge in [0.25, 0.3) is 0 Å². The highest BCUT2D eigenvalue weighted by molar-refractivity contribution is 5.95. The molecule has 2 atom stereocenters. The lowest BCUT2D eigenvalue weighted by molar-refractivity contribution is -0.139. The first kappa shape index (κ1) is 43.2. The van der Waals surface area contributed by atoms with Crippen LogP contribution in [-0.4, -0.2) is 70.9 Å². The molecule has 0 spiro atoms. The van der Waals surface area contributed by atoms with Crippen LogP contribution in [0.2, 0.25) is 0 Å². The summed E-state index contributed by atoms with van der Waals surface area (Å²) in [6.45, 7) is 6.11. The van der Waals surface area contributed by atoms with Crippen LogP contribution in [0.15, 0.2) is 60.7 Å². The average Bonchev–Trinajstić information content (AvgIpc) is 3.45. The highest BCUT2D eigenvalue weighted by atomic mass is 19.4. The Morgan fingerprint density at radius 2 is 1.33 bits per heavy atom. The largest absolute Gasteiger partial charge is 0.497 e. The molecular weight excluding hydrogens is 816 g/mol. The van der Waals surface area contributed by atoms with Crippen LogP contribution in [0.25, 0.3) is 22.2 Å². The zero-order valence-corrected chi connectivity index (χ0v) is 34.0. The summed E-state index contributed by atoms with van der Waals surface area (Å²) in [5, 5.41) is -0.581. The number of alkyl halides is 6. The molecule has 0 N–H and O–H groups in total. The number of amides is 1. The number of nitrogens with zero attached hydrogens (tertiary/aromatic N) is 6. The maximum atomic E-state index is 17.1. The molecule has 0 aliphatic carbocycles. The van der Waals surface area contributed by atoms with Gasteiger partial charge in [0.15, 0.2) is 5.82 Å². The maximum absolute atomic E-state index is 17.1. The molecule has 2 fully saturated rings. The van der Waals surface area contributed by atoms with Gasteiger partial charge in [-0.3, -0.25) is 4.90 Å². The fourth-order valence-electron chi connectivity index (χ4n) is 8.05. The van der Waals surface area contributed by atoms with Gasteiger partial charge in [-0.2, -0.15) is 40.7 Å². The van der Waals surface area contributed by atoms with E-state index >= 15 is 35.1 Å². The van der Waals surface area contributed by atoms with Gasteiger partial charge in [-0.25, -0.2) is 14.2 Å². The standard InChI is InChI=1S/C43H42F8N6O4/c1-23-17-32(55(19-24-7-13-28(59-5)14-8-24)20-25-9-15-29(60-6)16-10-25)52-37(34(23)43(49,50)51)33-31(42(46,47)48)18-30-36(35(33)44)53-39(45)54-38(30)56-21-26-11-12-27(22-56)57(26)40(58)61-41(2,3)4/h7-10,13-18,26-27H,11-12,19-22H2,1-6H3. The van der Waals surface area contributed by atoms with Crippen LogP contribution >= 0.6 is 0 Å². The number of anilines is 2. The van der Waals surface area contributed by atoms with Crippen LogP contribution in [0.5, 0.6) is 11.5 Å². The summed E-state index contributed by atoms with van der Waals surface area (Å²) < 4.78 is 140. The van der Waals surface area contributed by atoms with Gasteiger partial charge in [0.05, 0.1) is 48.7 Å². The highest BCUT2D eigenvalue weighted by Gasteiger charge is 2.47. The molecule has 2 aliphatic heterocycles. The minimum atomic E-state index is -5.45. The van der Waals surface area contributed by atoms with E-state index in [1.165, 1.54) is 28.9 Å². The van der Waals surface area contributed by atoms with Gasteiger partial charge in [0.1, 0.15) is 34.3 Å². The van der Waals surface area contributed by atoms with Crippen molar-refractivity contribution in [2.75, 3.05) is 37.1 Å². The highest BCUT2D eigenvalue weighted by Crippen LogP contribution is 2.48.